The lowest BCUT2D eigenvalue weighted by Crippen LogP contribution is -2.17. The van der Waals surface area contributed by atoms with Gasteiger partial charge in [-0.3, -0.25) is 0 Å². The number of H-pyrrole nitrogens is 1. The first-order chi connectivity index (χ1) is 9.75. The summed E-state index contributed by atoms with van der Waals surface area (Å²) in [7, 11) is 0. The van der Waals surface area contributed by atoms with Gasteiger partial charge >= 0.3 is 0 Å². The van der Waals surface area contributed by atoms with Crippen LogP contribution in [0.5, 0.6) is 0 Å². The third-order valence-electron chi connectivity index (χ3n) is 4.03. The van der Waals surface area contributed by atoms with Crippen LogP contribution < -0.4 is 5.32 Å². The van der Waals surface area contributed by atoms with Crippen molar-refractivity contribution >= 4 is 22.1 Å². The summed E-state index contributed by atoms with van der Waals surface area (Å²) >= 11 is 0. The molecule has 1 aliphatic heterocycles. The number of nitrogens with one attached hydrogen (secondary N) is 2. The largest absolute Gasteiger partial charge is 0.385 e. The van der Waals surface area contributed by atoms with Crippen molar-refractivity contribution in [2.24, 2.45) is 0 Å². The number of aliphatic hydroxyl groups excluding tert-OH is 1. The first kappa shape index (κ1) is 11.9. The number of hydrogen-bond donors (Lipinski definition) is 3. The molecule has 1 aliphatic rings. The second kappa shape index (κ2) is 4.29. The van der Waals surface area contributed by atoms with E-state index in [1.165, 1.54) is 0 Å². The maximum Gasteiger partial charge on any atom is 0.139 e. The fourth-order valence-corrected chi connectivity index (χ4v) is 3.13. The summed E-state index contributed by atoms with van der Waals surface area (Å²) in [5.74, 6) is 0.726. The molecule has 1 fully saturated rings. The molecule has 0 amide bonds. The van der Waals surface area contributed by atoms with E-state index in [1.807, 2.05) is 12.3 Å². The Morgan fingerprint density at radius 1 is 1.50 bits per heavy atom. The summed E-state index contributed by atoms with van der Waals surface area (Å²) in [6.45, 7) is 3.69. The Morgan fingerprint density at radius 2 is 2.40 bits per heavy atom. The van der Waals surface area contributed by atoms with Crippen LogP contribution >= 0.6 is 0 Å². The fraction of sp³-hybridized carbons (Fsp3) is 0.429. The number of pyridine rings is 1. The quantitative estimate of drug-likeness (QED) is 0.660. The molecule has 20 heavy (non-hydrogen) atoms. The number of fused-ring (bicyclic) bond motifs is 3. The predicted octanol–water partition coefficient (Wildman–Crippen LogP) is 1.50. The predicted molar refractivity (Wildman–Crippen MR) is 76.5 cm³/mol. The third kappa shape index (κ3) is 1.58. The van der Waals surface area contributed by atoms with Crippen molar-refractivity contribution in [3.8, 4) is 0 Å². The minimum absolute atomic E-state index is 0.338. The average molecular weight is 271 g/mol. The number of nitrogens with zero attached hydrogens (tertiary/aromatic N) is 3. The third-order valence-corrected chi connectivity index (χ3v) is 4.03. The highest BCUT2D eigenvalue weighted by Gasteiger charge is 2.25. The normalized spacial score (nSPS) is 21.0. The van der Waals surface area contributed by atoms with Crippen LogP contribution in [0.4, 0.5) is 0 Å². The highest BCUT2D eigenvalue weighted by atomic mass is 16.3. The molecular weight excluding hydrogens is 254 g/mol. The summed E-state index contributed by atoms with van der Waals surface area (Å²) in [6.07, 6.45) is 4.14. The molecular formula is C14H17N5O. The van der Waals surface area contributed by atoms with Crippen molar-refractivity contribution < 1.29 is 5.11 Å². The van der Waals surface area contributed by atoms with Gasteiger partial charge in [0.2, 0.25) is 0 Å². The van der Waals surface area contributed by atoms with E-state index in [9.17, 15) is 5.11 Å². The van der Waals surface area contributed by atoms with Crippen molar-refractivity contribution in [3.05, 3.63) is 24.3 Å². The maximum absolute atomic E-state index is 10.1. The zero-order valence-electron chi connectivity index (χ0n) is 11.3. The van der Waals surface area contributed by atoms with Gasteiger partial charge in [-0.25, -0.2) is 9.97 Å². The number of aromatic amines is 1. The molecule has 3 aromatic rings. The molecule has 0 aromatic carbocycles. The molecule has 6 nitrogen and oxygen atoms in total. The van der Waals surface area contributed by atoms with Crippen LogP contribution in [-0.2, 0) is 0 Å². The van der Waals surface area contributed by atoms with Gasteiger partial charge in [-0.1, -0.05) is 0 Å². The molecule has 0 spiro atoms. The molecule has 0 bridgehead atoms. The lowest BCUT2D eigenvalue weighted by Gasteiger charge is -2.17. The van der Waals surface area contributed by atoms with E-state index in [-0.39, 0.29) is 0 Å². The van der Waals surface area contributed by atoms with E-state index in [0.29, 0.717) is 6.04 Å². The standard InChI is InChI=1S/C14H17N5O/c1-8(20)14-18-11-7-17-13-10(3-5-16-13)12(11)19(14)9-2-4-15-6-9/h3,5,7-9,15,20H,2,4,6H2,1H3,(H,16,17)/t8-,9?/m1/s1. The lowest BCUT2D eigenvalue weighted by molar-refractivity contribution is 0.182. The Bertz CT molecular complexity index is 766. The van der Waals surface area contributed by atoms with Gasteiger partial charge in [0.1, 0.15) is 23.1 Å². The Labute approximate surface area is 115 Å². The number of aliphatic hydroxyl groups is 1. The Morgan fingerprint density at radius 3 is 3.15 bits per heavy atom. The van der Waals surface area contributed by atoms with E-state index >= 15 is 0 Å². The van der Waals surface area contributed by atoms with Gasteiger partial charge in [0.05, 0.1) is 11.7 Å². The van der Waals surface area contributed by atoms with E-state index in [4.69, 9.17) is 0 Å². The molecule has 104 valence electrons. The van der Waals surface area contributed by atoms with Crippen LogP contribution in [0.2, 0.25) is 0 Å². The Hall–Kier alpha value is -1.92. The Balaban J connectivity index is 2.08. The van der Waals surface area contributed by atoms with Crippen molar-refractivity contribution in [2.45, 2.75) is 25.5 Å². The second-order valence-corrected chi connectivity index (χ2v) is 5.39. The molecule has 4 heterocycles. The van der Waals surface area contributed by atoms with Crippen molar-refractivity contribution in [3.63, 3.8) is 0 Å². The molecule has 1 saturated heterocycles. The maximum atomic E-state index is 10.1. The van der Waals surface area contributed by atoms with Crippen molar-refractivity contribution in [1.82, 2.24) is 24.8 Å². The van der Waals surface area contributed by atoms with E-state index in [0.717, 1.165) is 47.4 Å². The van der Waals surface area contributed by atoms with Gasteiger partial charge in [0, 0.05) is 24.2 Å². The Kier molecular flexibility index (Phi) is 2.55. The van der Waals surface area contributed by atoms with Crippen LogP contribution in [0.25, 0.3) is 22.1 Å². The summed E-state index contributed by atoms with van der Waals surface area (Å²) in [4.78, 5) is 12.1. The van der Waals surface area contributed by atoms with Gasteiger partial charge in [0.15, 0.2) is 0 Å². The van der Waals surface area contributed by atoms with Crippen molar-refractivity contribution in [1.29, 1.82) is 0 Å². The molecule has 3 N–H and O–H groups in total. The monoisotopic (exact) mass is 271 g/mol. The first-order valence-corrected chi connectivity index (χ1v) is 6.98. The van der Waals surface area contributed by atoms with E-state index in [1.54, 1.807) is 13.1 Å². The molecule has 3 aromatic heterocycles. The van der Waals surface area contributed by atoms with Gasteiger partial charge in [0.25, 0.3) is 0 Å². The van der Waals surface area contributed by atoms with E-state index in [2.05, 4.69) is 24.8 Å². The summed E-state index contributed by atoms with van der Waals surface area (Å²) in [6, 6.07) is 2.36. The van der Waals surface area contributed by atoms with Gasteiger partial charge in [-0.2, -0.15) is 0 Å². The van der Waals surface area contributed by atoms with Gasteiger partial charge in [-0.05, 0) is 26.0 Å². The zero-order valence-corrected chi connectivity index (χ0v) is 11.3. The SMILES string of the molecule is C[C@@H](O)c1nc2cnc3[nH]ccc3c2n1C1CCNC1. The molecule has 2 atom stereocenters. The fourth-order valence-electron chi connectivity index (χ4n) is 3.13. The highest BCUT2D eigenvalue weighted by Crippen LogP contribution is 2.31. The number of aromatic nitrogens is 4. The van der Waals surface area contributed by atoms with Crippen LogP contribution in [0, 0.1) is 0 Å². The molecule has 0 aliphatic carbocycles. The minimum Gasteiger partial charge on any atom is -0.385 e. The number of rotatable bonds is 2. The van der Waals surface area contributed by atoms with Crippen LogP contribution in [0.3, 0.4) is 0 Å². The second-order valence-electron chi connectivity index (χ2n) is 5.39. The topological polar surface area (TPSA) is 78.8 Å². The van der Waals surface area contributed by atoms with Crippen LogP contribution in [0.15, 0.2) is 18.5 Å². The highest BCUT2D eigenvalue weighted by molar-refractivity contribution is 6.01. The lowest BCUT2D eigenvalue weighted by atomic mass is 10.2. The van der Waals surface area contributed by atoms with E-state index < -0.39 is 6.10 Å². The number of hydrogen-bond acceptors (Lipinski definition) is 4. The summed E-state index contributed by atoms with van der Waals surface area (Å²) < 4.78 is 2.19. The molecule has 4 rings (SSSR count). The molecule has 0 radical (unpaired) electrons. The summed E-state index contributed by atoms with van der Waals surface area (Å²) in [5.41, 5.74) is 2.78. The minimum atomic E-state index is -0.586. The van der Waals surface area contributed by atoms with Crippen LogP contribution in [0.1, 0.15) is 31.3 Å². The molecule has 6 heteroatoms. The molecule has 1 unspecified atom stereocenters. The zero-order chi connectivity index (χ0) is 13.7. The molecule has 0 saturated carbocycles. The summed E-state index contributed by atoms with van der Waals surface area (Å²) in [5, 5.41) is 14.5. The van der Waals surface area contributed by atoms with Gasteiger partial charge < -0.3 is 20.0 Å². The van der Waals surface area contributed by atoms with Gasteiger partial charge in [-0.15, -0.1) is 0 Å². The van der Waals surface area contributed by atoms with Crippen LogP contribution in [-0.4, -0.2) is 37.7 Å². The average Bonchev–Trinajstić information content (AvgIpc) is 3.15. The smallest absolute Gasteiger partial charge is 0.139 e. The number of imidazole rings is 1. The van der Waals surface area contributed by atoms with Crippen molar-refractivity contribution in [2.75, 3.05) is 13.1 Å². The first-order valence-electron chi connectivity index (χ1n) is 6.98.